The number of hydrogen-bond acceptors (Lipinski definition) is 4. The summed E-state index contributed by atoms with van der Waals surface area (Å²) in [6, 6.07) is 12.8. The van der Waals surface area contributed by atoms with Crippen molar-refractivity contribution in [3.8, 4) is 5.75 Å². The average molecular weight is 339 g/mol. The number of nitrogens with one attached hydrogen (secondary N) is 2. The summed E-state index contributed by atoms with van der Waals surface area (Å²) >= 11 is 0. The molecule has 0 unspecified atom stereocenters. The van der Waals surface area contributed by atoms with Gasteiger partial charge in [0.1, 0.15) is 5.75 Å². The molecule has 0 aliphatic heterocycles. The van der Waals surface area contributed by atoms with E-state index in [1.807, 2.05) is 31.2 Å². The number of ether oxygens (including phenoxy) is 1. The number of anilines is 2. The molecule has 0 radical (unpaired) electrons. The molecule has 2 rings (SSSR count). The monoisotopic (exact) mass is 339 g/mol. The Morgan fingerprint density at radius 2 is 1.80 bits per heavy atom. The molecule has 130 valence electrons. The van der Waals surface area contributed by atoms with Crippen LogP contribution < -0.4 is 21.1 Å². The number of carbonyl (C=O) groups excluding carboxylic acids is 2. The standard InChI is InChI=1S/C19H21N3O3/c1-13-3-5-14(6-4-13)7-10-18(23)21-16-9-8-15(25-2)11-17(16)22-19(24)12-20/h3-11H,12,20H2,1-2H3,(H,21,23)(H,22,24)/b10-7+. The third-order valence-corrected chi connectivity index (χ3v) is 3.45. The van der Waals surface area contributed by atoms with Crippen molar-refractivity contribution in [3.63, 3.8) is 0 Å². The Hall–Kier alpha value is -3.12. The Morgan fingerprint density at radius 1 is 1.08 bits per heavy atom. The molecule has 0 aromatic heterocycles. The lowest BCUT2D eigenvalue weighted by atomic mass is 10.1. The zero-order valence-corrected chi connectivity index (χ0v) is 14.2. The van der Waals surface area contributed by atoms with Crippen LogP contribution in [-0.4, -0.2) is 25.5 Å². The van der Waals surface area contributed by atoms with E-state index in [0.717, 1.165) is 11.1 Å². The molecule has 2 aromatic rings. The molecule has 0 bridgehead atoms. The summed E-state index contributed by atoms with van der Waals surface area (Å²) in [5.41, 5.74) is 8.28. The van der Waals surface area contributed by atoms with Crippen molar-refractivity contribution in [2.24, 2.45) is 5.73 Å². The quantitative estimate of drug-likeness (QED) is 0.705. The van der Waals surface area contributed by atoms with Crippen LogP contribution in [0.25, 0.3) is 6.08 Å². The topological polar surface area (TPSA) is 93.5 Å². The van der Waals surface area contributed by atoms with Crippen molar-refractivity contribution < 1.29 is 14.3 Å². The van der Waals surface area contributed by atoms with E-state index in [-0.39, 0.29) is 18.4 Å². The summed E-state index contributed by atoms with van der Waals surface area (Å²) in [4.78, 5) is 23.7. The van der Waals surface area contributed by atoms with Crippen LogP contribution in [0.3, 0.4) is 0 Å². The first-order chi connectivity index (χ1) is 12.0. The van der Waals surface area contributed by atoms with Crippen LogP contribution in [0.5, 0.6) is 5.75 Å². The summed E-state index contributed by atoms with van der Waals surface area (Å²) in [6.07, 6.45) is 3.15. The predicted octanol–water partition coefficient (Wildman–Crippen LogP) is 2.55. The number of nitrogens with two attached hydrogens (primary N) is 1. The van der Waals surface area contributed by atoms with Crippen molar-refractivity contribution in [3.05, 3.63) is 59.7 Å². The zero-order valence-electron chi connectivity index (χ0n) is 14.2. The second-order valence-electron chi connectivity index (χ2n) is 5.40. The van der Waals surface area contributed by atoms with Gasteiger partial charge in [-0.05, 0) is 30.7 Å². The van der Waals surface area contributed by atoms with Gasteiger partial charge in [0, 0.05) is 12.1 Å². The molecule has 4 N–H and O–H groups in total. The van der Waals surface area contributed by atoms with Crippen LogP contribution in [0.2, 0.25) is 0 Å². The molecular weight excluding hydrogens is 318 g/mol. The summed E-state index contributed by atoms with van der Waals surface area (Å²) in [7, 11) is 1.52. The van der Waals surface area contributed by atoms with Crippen LogP contribution in [-0.2, 0) is 9.59 Å². The molecule has 2 amide bonds. The average Bonchev–Trinajstić information content (AvgIpc) is 2.62. The first kappa shape index (κ1) is 18.2. The lowest BCUT2D eigenvalue weighted by molar-refractivity contribution is -0.115. The normalized spacial score (nSPS) is 10.5. The Labute approximate surface area is 146 Å². The Bertz CT molecular complexity index is 783. The number of hydrogen-bond donors (Lipinski definition) is 3. The maximum Gasteiger partial charge on any atom is 0.248 e. The summed E-state index contributed by atoms with van der Waals surface area (Å²) in [5.74, 6) is -0.117. The third kappa shape index (κ3) is 5.47. The molecule has 0 saturated carbocycles. The van der Waals surface area contributed by atoms with Crippen LogP contribution in [0.1, 0.15) is 11.1 Å². The number of rotatable bonds is 6. The van der Waals surface area contributed by atoms with E-state index in [1.54, 1.807) is 24.3 Å². The highest BCUT2D eigenvalue weighted by Gasteiger charge is 2.09. The fourth-order valence-corrected chi connectivity index (χ4v) is 2.09. The van der Waals surface area contributed by atoms with Gasteiger partial charge in [0.15, 0.2) is 0 Å². The molecule has 2 aromatic carbocycles. The van der Waals surface area contributed by atoms with Crippen molar-refractivity contribution in [2.45, 2.75) is 6.92 Å². The molecule has 0 fully saturated rings. The summed E-state index contributed by atoms with van der Waals surface area (Å²) in [6.45, 7) is 1.85. The number of methoxy groups -OCH3 is 1. The molecule has 0 spiro atoms. The first-order valence-corrected chi connectivity index (χ1v) is 7.75. The molecule has 6 nitrogen and oxygen atoms in total. The molecule has 6 heteroatoms. The molecule has 0 atom stereocenters. The second-order valence-corrected chi connectivity index (χ2v) is 5.40. The maximum atomic E-state index is 12.1. The van der Waals surface area contributed by atoms with Crippen LogP contribution in [0.4, 0.5) is 11.4 Å². The number of aryl methyl sites for hydroxylation is 1. The van der Waals surface area contributed by atoms with E-state index in [2.05, 4.69) is 10.6 Å². The van der Waals surface area contributed by atoms with Gasteiger partial charge in [0.2, 0.25) is 11.8 Å². The number of amides is 2. The smallest absolute Gasteiger partial charge is 0.248 e. The molecular formula is C19H21N3O3. The van der Waals surface area contributed by atoms with Crippen LogP contribution >= 0.6 is 0 Å². The van der Waals surface area contributed by atoms with Gasteiger partial charge in [-0.2, -0.15) is 0 Å². The molecule has 0 heterocycles. The largest absolute Gasteiger partial charge is 0.497 e. The minimum Gasteiger partial charge on any atom is -0.497 e. The van der Waals surface area contributed by atoms with Gasteiger partial charge >= 0.3 is 0 Å². The third-order valence-electron chi connectivity index (χ3n) is 3.45. The van der Waals surface area contributed by atoms with Crippen molar-refractivity contribution in [1.82, 2.24) is 0 Å². The fourth-order valence-electron chi connectivity index (χ4n) is 2.09. The Balaban J connectivity index is 2.13. The van der Waals surface area contributed by atoms with Gasteiger partial charge in [-0.15, -0.1) is 0 Å². The van der Waals surface area contributed by atoms with E-state index < -0.39 is 0 Å². The second kappa shape index (κ2) is 8.65. The molecule has 0 aliphatic carbocycles. The zero-order chi connectivity index (χ0) is 18.2. The minimum absolute atomic E-state index is 0.155. The number of benzene rings is 2. The van der Waals surface area contributed by atoms with Gasteiger partial charge in [-0.3, -0.25) is 9.59 Å². The van der Waals surface area contributed by atoms with Crippen molar-refractivity contribution in [1.29, 1.82) is 0 Å². The van der Waals surface area contributed by atoms with E-state index in [4.69, 9.17) is 10.5 Å². The highest BCUT2D eigenvalue weighted by Crippen LogP contribution is 2.27. The van der Waals surface area contributed by atoms with Gasteiger partial charge in [0.25, 0.3) is 0 Å². The highest BCUT2D eigenvalue weighted by molar-refractivity contribution is 6.05. The van der Waals surface area contributed by atoms with E-state index in [0.29, 0.717) is 17.1 Å². The maximum absolute atomic E-state index is 12.1. The van der Waals surface area contributed by atoms with Gasteiger partial charge in [0.05, 0.1) is 25.0 Å². The molecule has 25 heavy (non-hydrogen) atoms. The fraction of sp³-hybridized carbons (Fsp3) is 0.158. The number of carbonyl (C=O) groups is 2. The van der Waals surface area contributed by atoms with Gasteiger partial charge < -0.3 is 21.1 Å². The van der Waals surface area contributed by atoms with Gasteiger partial charge in [-0.25, -0.2) is 0 Å². The predicted molar refractivity (Wildman–Crippen MR) is 99.5 cm³/mol. The first-order valence-electron chi connectivity index (χ1n) is 7.75. The van der Waals surface area contributed by atoms with Gasteiger partial charge in [-0.1, -0.05) is 29.8 Å². The van der Waals surface area contributed by atoms with Crippen molar-refractivity contribution >= 4 is 29.3 Å². The van der Waals surface area contributed by atoms with Crippen molar-refractivity contribution in [2.75, 3.05) is 24.3 Å². The lowest BCUT2D eigenvalue weighted by Gasteiger charge is -2.12. The summed E-state index contributed by atoms with van der Waals surface area (Å²) < 4.78 is 5.14. The van der Waals surface area contributed by atoms with E-state index in [1.165, 1.54) is 13.2 Å². The summed E-state index contributed by atoms with van der Waals surface area (Å²) in [5, 5.41) is 5.37. The Morgan fingerprint density at radius 3 is 2.44 bits per heavy atom. The Kier molecular flexibility index (Phi) is 6.31. The minimum atomic E-state index is -0.362. The highest BCUT2D eigenvalue weighted by atomic mass is 16.5. The van der Waals surface area contributed by atoms with E-state index >= 15 is 0 Å². The van der Waals surface area contributed by atoms with Crippen LogP contribution in [0, 0.1) is 6.92 Å². The SMILES string of the molecule is COc1ccc(NC(=O)/C=C/c2ccc(C)cc2)c(NC(=O)CN)c1. The van der Waals surface area contributed by atoms with E-state index in [9.17, 15) is 9.59 Å². The molecule has 0 saturated heterocycles. The lowest BCUT2D eigenvalue weighted by Crippen LogP contribution is -2.23. The molecule has 0 aliphatic rings. The van der Waals surface area contributed by atoms with Crippen LogP contribution in [0.15, 0.2) is 48.5 Å².